The molecule has 1 N–H and O–H groups in total. The van der Waals surface area contributed by atoms with E-state index in [0.717, 1.165) is 10.7 Å². The first-order chi connectivity index (χ1) is 10.4. The summed E-state index contributed by atoms with van der Waals surface area (Å²) >= 11 is 1.35. The fourth-order valence-electron chi connectivity index (χ4n) is 2.14. The molecule has 1 amide bonds. The van der Waals surface area contributed by atoms with E-state index in [-0.39, 0.29) is 11.9 Å². The van der Waals surface area contributed by atoms with E-state index in [1.54, 1.807) is 18.0 Å². The second-order valence-corrected chi connectivity index (χ2v) is 6.55. The van der Waals surface area contributed by atoms with Crippen molar-refractivity contribution < 1.29 is 9.90 Å². The number of aliphatic hydroxyl groups is 1. The van der Waals surface area contributed by atoms with Gasteiger partial charge in [0.05, 0.1) is 17.5 Å². The Kier molecular flexibility index (Phi) is 5.26. The Morgan fingerprint density at radius 2 is 2.09 bits per heavy atom. The van der Waals surface area contributed by atoms with Gasteiger partial charge in [-0.25, -0.2) is 4.98 Å². The van der Waals surface area contributed by atoms with Gasteiger partial charge >= 0.3 is 0 Å². The molecule has 0 aliphatic carbocycles. The number of thiazole rings is 1. The van der Waals surface area contributed by atoms with Gasteiger partial charge in [-0.1, -0.05) is 6.07 Å². The molecule has 2 heterocycles. The number of amides is 1. The van der Waals surface area contributed by atoms with E-state index in [4.69, 9.17) is 0 Å². The van der Waals surface area contributed by atoms with Gasteiger partial charge in [0.2, 0.25) is 0 Å². The van der Waals surface area contributed by atoms with Crippen molar-refractivity contribution >= 4 is 17.2 Å². The third-order valence-electron chi connectivity index (χ3n) is 3.22. The Labute approximate surface area is 134 Å². The minimum atomic E-state index is -0.560. The molecule has 5 nitrogen and oxygen atoms in total. The second-order valence-electron chi connectivity index (χ2n) is 5.55. The monoisotopic (exact) mass is 319 g/mol. The number of aliphatic hydroxyl groups excluding tert-OH is 1. The second kappa shape index (κ2) is 6.98. The third kappa shape index (κ3) is 3.69. The largest absolute Gasteiger partial charge is 0.392 e. The molecule has 2 aromatic heterocycles. The first kappa shape index (κ1) is 16.6. The van der Waals surface area contributed by atoms with Gasteiger partial charge in [0.1, 0.15) is 9.88 Å². The van der Waals surface area contributed by atoms with Gasteiger partial charge in [0, 0.05) is 18.8 Å². The smallest absolute Gasteiger partial charge is 0.266 e. The summed E-state index contributed by atoms with van der Waals surface area (Å²) < 4.78 is 0. The first-order valence-electron chi connectivity index (χ1n) is 7.28. The van der Waals surface area contributed by atoms with Gasteiger partial charge in [-0.2, -0.15) is 0 Å². The van der Waals surface area contributed by atoms with Gasteiger partial charge in [-0.3, -0.25) is 9.78 Å². The van der Waals surface area contributed by atoms with Crippen molar-refractivity contribution in [1.82, 2.24) is 14.9 Å². The average molecular weight is 319 g/mol. The molecule has 118 valence electrons. The first-order valence-corrected chi connectivity index (χ1v) is 8.09. The van der Waals surface area contributed by atoms with Crippen LogP contribution in [-0.2, 0) is 0 Å². The van der Waals surface area contributed by atoms with E-state index in [0.29, 0.717) is 17.1 Å². The molecule has 1 atom stereocenters. The number of hydrogen-bond acceptors (Lipinski definition) is 5. The summed E-state index contributed by atoms with van der Waals surface area (Å²) in [6, 6.07) is 5.64. The number of nitrogens with zero attached hydrogens (tertiary/aromatic N) is 3. The fourth-order valence-corrected chi connectivity index (χ4v) is 3.14. The van der Waals surface area contributed by atoms with Gasteiger partial charge in [-0.15, -0.1) is 11.3 Å². The molecule has 0 radical (unpaired) electrons. The molecule has 0 saturated heterocycles. The van der Waals surface area contributed by atoms with E-state index in [1.807, 2.05) is 39.0 Å². The van der Waals surface area contributed by atoms with Crippen molar-refractivity contribution in [3.05, 3.63) is 35.0 Å². The summed E-state index contributed by atoms with van der Waals surface area (Å²) in [5, 5.41) is 10.3. The third-order valence-corrected chi connectivity index (χ3v) is 4.39. The molecule has 0 fully saturated rings. The summed E-state index contributed by atoms with van der Waals surface area (Å²) in [5.41, 5.74) is 1.47. The maximum Gasteiger partial charge on any atom is 0.266 e. The highest BCUT2D eigenvalue weighted by molar-refractivity contribution is 7.17. The van der Waals surface area contributed by atoms with Crippen LogP contribution < -0.4 is 0 Å². The minimum absolute atomic E-state index is 0.0156. The number of rotatable bonds is 5. The van der Waals surface area contributed by atoms with Gasteiger partial charge in [-0.05, 0) is 39.8 Å². The summed E-state index contributed by atoms with van der Waals surface area (Å²) in [7, 11) is 0. The molecule has 0 spiro atoms. The van der Waals surface area contributed by atoms with E-state index in [1.165, 1.54) is 11.3 Å². The van der Waals surface area contributed by atoms with Crippen molar-refractivity contribution in [1.29, 1.82) is 0 Å². The quantitative estimate of drug-likeness (QED) is 0.920. The molecule has 0 aliphatic heterocycles. The van der Waals surface area contributed by atoms with Crippen LogP contribution in [0.3, 0.4) is 0 Å². The van der Waals surface area contributed by atoms with Crippen LogP contribution in [0.1, 0.15) is 36.1 Å². The standard InChI is InChI=1S/C16H21N3O2S/c1-10(2)19(9-11(3)20)16(21)14-12(4)18-15(22-14)13-7-5-6-8-17-13/h5-8,10-11,20H,9H2,1-4H3. The summed E-state index contributed by atoms with van der Waals surface area (Å²) in [6.45, 7) is 7.71. The number of aromatic nitrogens is 2. The predicted octanol–water partition coefficient (Wildman–Crippen LogP) is 2.74. The van der Waals surface area contributed by atoms with Crippen molar-refractivity contribution in [2.45, 2.75) is 39.8 Å². The molecule has 0 saturated carbocycles. The van der Waals surface area contributed by atoms with Crippen molar-refractivity contribution in [3.8, 4) is 10.7 Å². The molecule has 22 heavy (non-hydrogen) atoms. The summed E-state index contributed by atoms with van der Waals surface area (Å²) in [6.07, 6.45) is 1.15. The van der Waals surface area contributed by atoms with Crippen LogP contribution in [0.2, 0.25) is 0 Å². The summed E-state index contributed by atoms with van der Waals surface area (Å²) in [5.74, 6) is -0.0897. The number of pyridine rings is 1. The fraction of sp³-hybridized carbons (Fsp3) is 0.438. The number of carbonyl (C=O) groups is 1. The van der Waals surface area contributed by atoms with Crippen molar-refractivity contribution in [2.75, 3.05) is 6.54 Å². The highest BCUT2D eigenvalue weighted by Crippen LogP contribution is 2.27. The van der Waals surface area contributed by atoms with Crippen molar-refractivity contribution in [3.63, 3.8) is 0 Å². The van der Waals surface area contributed by atoms with Gasteiger partial charge in [0.25, 0.3) is 5.91 Å². The Balaban J connectivity index is 2.32. The molecule has 2 aromatic rings. The number of carbonyl (C=O) groups excluding carboxylic acids is 1. The van der Waals surface area contributed by atoms with E-state index >= 15 is 0 Å². The summed E-state index contributed by atoms with van der Waals surface area (Å²) in [4.78, 5) is 23.8. The zero-order valence-corrected chi connectivity index (χ0v) is 14.1. The van der Waals surface area contributed by atoms with Gasteiger partial charge < -0.3 is 10.0 Å². The number of aryl methyl sites for hydroxylation is 1. The molecule has 1 unspecified atom stereocenters. The lowest BCUT2D eigenvalue weighted by molar-refractivity contribution is 0.0582. The Hall–Kier alpha value is -1.79. The van der Waals surface area contributed by atoms with Crippen molar-refractivity contribution in [2.24, 2.45) is 0 Å². The Bertz CT molecular complexity index is 638. The Morgan fingerprint density at radius 1 is 1.36 bits per heavy atom. The Morgan fingerprint density at radius 3 is 2.64 bits per heavy atom. The maximum atomic E-state index is 12.8. The zero-order chi connectivity index (χ0) is 16.3. The van der Waals surface area contributed by atoms with E-state index in [2.05, 4.69) is 9.97 Å². The molecule has 2 rings (SSSR count). The zero-order valence-electron chi connectivity index (χ0n) is 13.3. The molecule has 0 aromatic carbocycles. The molecule has 0 bridgehead atoms. The lowest BCUT2D eigenvalue weighted by Gasteiger charge is -2.27. The van der Waals surface area contributed by atoms with Crippen LogP contribution in [0.15, 0.2) is 24.4 Å². The molecular weight excluding hydrogens is 298 g/mol. The molecular formula is C16H21N3O2S. The maximum absolute atomic E-state index is 12.8. The average Bonchev–Trinajstić information content (AvgIpc) is 2.86. The lowest BCUT2D eigenvalue weighted by Crippen LogP contribution is -2.41. The van der Waals surface area contributed by atoms with E-state index in [9.17, 15) is 9.90 Å². The SMILES string of the molecule is Cc1nc(-c2ccccn2)sc1C(=O)N(CC(C)O)C(C)C. The van der Waals surface area contributed by atoms with Gasteiger partial charge in [0.15, 0.2) is 0 Å². The van der Waals surface area contributed by atoms with Crippen LogP contribution >= 0.6 is 11.3 Å². The predicted molar refractivity (Wildman–Crippen MR) is 87.9 cm³/mol. The minimum Gasteiger partial charge on any atom is -0.392 e. The molecule has 6 heteroatoms. The van der Waals surface area contributed by atoms with Crippen LogP contribution in [0.5, 0.6) is 0 Å². The highest BCUT2D eigenvalue weighted by atomic mass is 32.1. The topological polar surface area (TPSA) is 66.3 Å². The lowest BCUT2D eigenvalue weighted by atomic mass is 10.2. The molecule has 0 aliphatic rings. The normalized spacial score (nSPS) is 12.5. The van der Waals surface area contributed by atoms with Crippen LogP contribution in [0, 0.1) is 6.92 Å². The highest BCUT2D eigenvalue weighted by Gasteiger charge is 2.25. The van der Waals surface area contributed by atoms with Crippen LogP contribution in [-0.4, -0.2) is 44.6 Å². The number of hydrogen-bond donors (Lipinski definition) is 1. The van der Waals surface area contributed by atoms with Crippen LogP contribution in [0.4, 0.5) is 0 Å². The van der Waals surface area contributed by atoms with E-state index < -0.39 is 6.10 Å². The van der Waals surface area contributed by atoms with Crippen LogP contribution in [0.25, 0.3) is 10.7 Å².